The Morgan fingerprint density at radius 3 is 2.42 bits per heavy atom. The number of aromatic nitrogens is 4. The summed E-state index contributed by atoms with van der Waals surface area (Å²) in [5.74, 6) is 1.73. The van der Waals surface area contributed by atoms with Gasteiger partial charge in [-0.15, -0.1) is 10.2 Å². The molecule has 4 aromatic rings. The first-order valence-corrected chi connectivity index (χ1v) is 12.6. The van der Waals surface area contributed by atoms with Gasteiger partial charge < -0.3 is 10.2 Å². The van der Waals surface area contributed by atoms with Crippen molar-refractivity contribution in [3.8, 4) is 0 Å². The predicted molar refractivity (Wildman–Crippen MR) is 143 cm³/mol. The molecule has 2 heterocycles. The number of hydrogen-bond acceptors (Lipinski definition) is 7. The van der Waals surface area contributed by atoms with Gasteiger partial charge in [0, 0.05) is 30.5 Å². The van der Waals surface area contributed by atoms with Crippen LogP contribution in [-0.2, 0) is 0 Å². The van der Waals surface area contributed by atoms with Crippen molar-refractivity contribution in [2.75, 3.05) is 32.5 Å². The second kappa shape index (κ2) is 11.9. The second-order valence-electron chi connectivity index (χ2n) is 9.43. The van der Waals surface area contributed by atoms with Gasteiger partial charge in [0.15, 0.2) is 17.4 Å². The van der Waals surface area contributed by atoms with E-state index in [-0.39, 0.29) is 11.6 Å². The number of nitrogens with one attached hydrogen (secondary N) is 1. The van der Waals surface area contributed by atoms with Crippen LogP contribution in [0.1, 0.15) is 65.1 Å². The highest BCUT2D eigenvalue weighted by atomic mass is 16.1. The van der Waals surface area contributed by atoms with E-state index in [0.29, 0.717) is 36.4 Å². The SMILES string of the molecule is Cc1nnc2c(NCCCCCC(=O)c3ccccc3)nc3cc(C(=O)CCCN(C)C)ccc3n12. The highest BCUT2D eigenvalue weighted by Gasteiger charge is 2.15. The summed E-state index contributed by atoms with van der Waals surface area (Å²) < 4.78 is 1.98. The number of anilines is 1. The number of nitrogens with zero attached hydrogens (tertiary/aromatic N) is 5. The molecule has 0 bridgehead atoms. The molecule has 0 aliphatic rings. The van der Waals surface area contributed by atoms with E-state index >= 15 is 0 Å². The number of aryl methyl sites for hydroxylation is 1. The van der Waals surface area contributed by atoms with Crippen LogP contribution in [0, 0.1) is 6.92 Å². The minimum atomic E-state index is 0.126. The highest BCUT2D eigenvalue weighted by molar-refractivity contribution is 5.99. The van der Waals surface area contributed by atoms with Crippen molar-refractivity contribution >= 4 is 34.1 Å². The Balaban J connectivity index is 1.40. The molecule has 0 spiro atoms. The summed E-state index contributed by atoms with van der Waals surface area (Å²) in [4.78, 5) is 31.9. The Morgan fingerprint density at radius 2 is 1.64 bits per heavy atom. The summed E-state index contributed by atoms with van der Waals surface area (Å²) >= 11 is 0. The Bertz CT molecular complexity index is 1350. The van der Waals surface area contributed by atoms with Gasteiger partial charge in [-0.3, -0.25) is 14.0 Å². The third-order valence-electron chi connectivity index (χ3n) is 6.29. The molecule has 0 fully saturated rings. The standard InChI is InChI=1S/C28H34N6O2/c1-20-31-32-28-27(29-17-9-5-8-13-25(35)21-11-6-4-7-12-21)30-23-19-22(15-16-24(23)34(20)28)26(36)14-10-18-33(2)3/h4,6-7,11-12,15-16,19H,5,8-10,13-14,17-18H2,1-3H3,(H,29,30). The van der Waals surface area contributed by atoms with Crippen molar-refractivity contribution in [3.05, 3.63) is 65.5 Å². The van der Waals surface area contributed by atoms with Crippen LogP contribution in [0.25, 0.3) is 16.7 Å². The van der Waals surface area contributed by atoms with Crippen molar-refractivity contribution in [2.24, 2.45) is 0 Å². The van der Waals surface area contributed by atoms with Crippen molar-refractivity contribution in [1.82, 2.24) is 24.5 Å². The van der Waals surface area contributed by atoms with Crippen LogP contribution in [0.3, 0.4) is 0 Å². The van der Waals surface area contributed by atoms with Crippen molar-refractivity contribution in [2.45, 2.75) is 45.4 Å². The highest BCUT2D eigenvalue weighted by Crippen LogP contribution is 2.23. The van der Waals surface area contributed by atoms with Gasteiger partial charge in [-0.2, -0.15) is 0 Å². The maximum Gasteiger partial charge on any atom is 0.204 e. The zero-order chi connectivity index (χ0) is 25.5. The number of ketones is 2. The van der Waals surface area contributed by atoms with Gasteiger partial charge in [-0.05, 0) is 65.0 Å². The number of rotatable bonds is 13. The van der Waals surface area contributed by atoms with E-state index in [1.165, 1.54) is 0 Å². The molecule has 0 saturated heterocycles. The summed E-state index contributed by atoms with van der Waals surface area (Å²) in [6, 6.07) is 15.1. The molecule has 1 N–H and O–H groups in total. The number of fused-ring (bicyclic) bond motifs is 3. The number of hydrogen-bond donors (Lipinski definition) is 1. The van der Waals surface area contributed by atoms with Crippen LogP contribution in [-0.4, -0.2) is 63.2 Å². The first-order chi connectivity index (χ1) is 17.4. The van der Waals surface area contributed by atoms with Crippen molar-refractivity contribution in [3.63, 3.8) is 0 Å². The minimum Gasteiger partial charge on any atom is -0.367 e. The van der Waals surface area contributed by atoms with E-state index in [4.69, 9.17) is 4.98 Å². The average molecular weight is 487 g/mol. The Hall–Kier alpha value is -3.65. The maximum atomic E-state index is 12.7. The lowest BCUT2D eigenvalue weighted by Gasteiger charge is -2.11. The second-order valence-corrected chi connectivity index (χ2v) is 9.43. The first kappa shape index (κ1) is 25.4. The van der Waals surface area contributed by atoms with Gasteiger partial charge >= 0.3 is 0 Å². The normalized spacial score (nSPS) is 11.4. The monoisotopic (exact) mass is 486 g/mol. The lowest BCUT2D eigenvalue weighted by Crippen LogP contribution is -2.14. The van der Waals surface area contributed by atoms with Crippen LogP contribution in [0.4, 0.5) is 5.82 Å². The molecule has 0 saturated carbocycles. The third-order valence-corrected chi connectivity index (χ3v) is 6.29. The summed E-state index contributed by atoms with van der Waals surface area (Å²) in [6.07, 6.45) is 4.58. The maximum absolute atomic E-state index is 12.7. The zero-order valence-corrected chi connectivity index (χ0v) is 21.3. The fourth-order valence-corrected chi connectivity index (χ4v) is 4.33. The van der Waals surface area contributed by atoms with E-state index in [1.54, 1.807) is 0 Å². The molecule has 0 aliphatic carbocycles. The van der Waals surface area contributed by atoms with E-state index in [2.05, 4.69) is 20.4 Å². The molecule has 4 rings (SSSR count). The van der Waals surface area contributed by atoms with E-state index in [1.807, 2.05) is 74.0 Å². The van der Waals surface area contributed by atoms with E-state index < -0.39 is 0 Å². The average Bonchev–Trinajstić information content (AvgIpc) is 3.27. The van der Waals surface area contributed by atoms with Gasteiger partial charge in [0.05, 0.1) is 11.0 Å². The molecule has 0 atom stereocenters. The molecule has 8 heteroatoms. The van der Waals surface area contributed by atoms with Gasteiger partial charge in [-0.25, -0.2) is 4.98 Å². The predicted octanol–water partition coefficient (Wildman–Crippen LogP) is 4.97. The van der Waals surface area contributed by atoms with Gasteiger partial charge in [0.25, 0.3) is 0 Å². The van der Waals surface area contributed by atoms with Gasteiger partial charge in [0.2, 0.25) is 5.65 Å². The molecular weight excluding hydrogens is 452 g/mol. The zero-order valence-electron chi connectivity index (χ0n) is 21.3. The quantitative estimate of drug-likeness (QED) is 0.211. The molecule has 2 aromatic heterocycles. The van der Waals surface area contributed by atoms with E-state index in [9.17, 15) is 9.59 Å². The molecule has 0 radical (unpaired) electrons. The summed E-state index contributed by atoms with van der Waals surface area (Å²) in [5.41, 5.74) is 3.73. The number of benzene rings is 2. The largest absolute Gasteiger partial charge is 0.367 e. The molecule has 188 valence electrons. The molecule has 2 aromatic carbocycles. The Morgan fingerprint density at radius 1 is 0.889 bits per heavy atom. The lowest BCUT2D eigenvalue weighted by atomic mass is 10.0. The lowest BCUT2D eigenvalue weighted by molar-refractivity contribution is 0.0970. The van der Waals surface area contributed by atoms with Gasteiger partial charge in [0.1, 0.15) is 5.82 Å². The topological polar surface area (TPSA) is 92.5 Å². The molecule has 8 nitrogen and oxygen atoms in total. The molecule has 0 unspecified atom stereocenters. The molecule has 0 aliphatic heterocycles. The Labute approximate surface area is 211 Å². The van der Waals surface area contributed by atoms with Crippen LogP contribution >= 0.6 is 0 Å². The third kappa shape index (κ3) is 6.12. The van der Waals surface area contributed by atoms with Gasteiger partial charge in [-0.1, -0.05) is 36.8 Å². The van der Waals surface area contributed by atoms with Crippen molar-refractivity contribution < 1.29 is 9.59 Å². The first-order valence-electron chi connectivity index (χ1n) is 12.6. The summed E-state index contributed by atoms with van der Waals surface area (Å²) in [5, 5.41) is 12.0. The number of carbonyl (C=O) groups excluding carboxylic acids is 2. The fraction of sp³-hybridized carbons (Fsp3) is 0.393. The van der Waals surface area contributed by atoms with Crippen LogP contribution in [0.5, 0.6) is 0 Å². The summed E-state index contributed by atoms with van der Waals surface area (Å²) in [6.45, 7) is 3.50. The minimum absolute atomic E-state index is 0.126. The smallest absolute Gasteiger partial charge is 0.204 e. The molecule has 36 heavy (non-hydrogen) atoms. The van der Waals surface area contributed by atoms with Crippen LogP contribution in [0.2, 0.25) is 0 Å². The summed E-state index contributed by atoms with van der Waals surface area (Å²) in [7, 11) is 4.02. The number of Topliss-reactive ketones (excluding diaryl/α,β-unsaturated/α-hetero) is 2. The van der Waals surface area contributed by atoms with Crippen molar-refractivity contribution in [1.29, 1.82) is 0 Å². The van der Waals surface area contributed by atoms with Crippen LogP contribution < -0.4 is 5.32 Å². The Kier molecular flexibility index (Phi) is 8.38. The molecular formula is C28H34N6O2. The van der Waals surface area contributed by atoms with E-state index in [0.717, 1.165) is 54.6 Å². The molecule has 0 amide bonds. The van der Waals surface area contributed by atoms with Crippen LogP contribution in [0.15, 0.2) is 48.5 Å². The number of unbranched alkanes of at least 4 members (excludes halogenated alkanes) is 2. The fourth-order valence-electron chi connectivity index (χ4n) is 4.33. The number of carbonyl (C=O) groups is 2.